The van der Waals surface area contributed by atoms with Gasteiger partial charge in [-0.25, -0.2) is 0 Å². The van der Waals surface area contributed by atoms with Crippen molar-refractivity contribution in [1.29, 1.82) is 0 Å². The van der Waals surface area contributed by atoms with Crippen molar-refractivity contribution in [3.8, 4) is 0 Å². The molecule has 0 aromatic carbocycles. The van der Waals surface area contributed by atoms with E-state index in [0.717, 1.165) is 12.0 Å². The molecule has 0 saturated heterocycles. The van der Waals surface area contributed by atoms with E-state index in [4.69, 9.17) is 0 Å². The molecule has 1 heteroatoms. The van der Waals surface area contributed by atoms with Crippen LogP contribution in [0.5, 0.6) is 0 Å². The molecule has 0 aliphatic heterocycles. The molecule has 0 radical (unpaired) electrons. The van der Waals surface area contributed by atoms with Gasteiger partial charge in [-0.1, -0.05) is 19.9 Å². The standard InChI is InChI=1S/C10H16O/c1-7-4-8(2)6-10(11)9(3)5-7/h5-8,11H,4H2,1-3H3. The highest BCUT2D eigenvalue weighted by molar-refractivity contribution is 5.25. The molecule has 0 amide bonds. The maximum atomic E-state index is 9.44. The monoisotopic (exact) mass is 152 g/mol. The quantitative estimate of drug-likeness (QED) is 0.565. The van der Waals surface area contributed by atoms with E-state index in [1.54, 1.807) is 0 Å². The molecular weight excluding hydrogens is 136 g/mol. The summed E-state index contributed by atoms with van der Waals surface area (Å²) in [5.74, 6) is 1.55. The summed E-state index contributed by atoms with van der Waals surface area (Å²) in [5, 5.41) is 9.44. The molecule has 0 spiro atoms. The molecule has 1 aliphatic carbocycles. The molecule has 62 valence electrons. The van der Waals surface area contributed by atoms with Crippen LogP contribution in [-0.4, -0.2) is 5.11 Å². The lowest BCUT2D eigenvalue weighted by Crippen LogP contribution is -1.95. The fraction of sp³-hybridized carbons (Fsp3) is 0.600. The second kappa shape index (κ2) is 3.12. The van der Waals surface area contributed by atoms with Gasteiger partial charge in [0.15, 0.2) is 0 Å². The van der Waals surface area contributed by atoms with Gasteiger partial charge in [-0.3, -0.25) is 0 Å². The Bertz CT molecular complexity index is 179. The first kappa shape index (κ1) is 8.38. The predicted molar refractivity (Wildman–Crippen MR) is 47.4 cm³/mol. The van der Waals surface area contributed by atoms with Gasteiger partial charge in [0.2, 0.25) is 0 Å². The second-order valence-corrected chi connectivity index (χ2v) is 3.59. The Balaban J connectivity index is 2.84. The average Bonchev–Trinajstić information content (AvgIpc) is 1.93. The van der Waals surface area contributed by atoms with E-state index in [1.165, 1.54) is 0 Å². The Morgan fingerprint density at radius 1 is 1.27 bits per heavy atom. The van der Waals surface area contributed by atoms with E-state index < -0.39 is 0 Å². The molecule has 2 unspecified atom stereocenters. The highest BCUT2D eigenvalue weighted by atomic mass is 16.3. The van der Waals surface area contributed by atoms with Crippen molar-refractivity contribution < 1.29 is 5.11 Å². The second-order valence-electron chi connectivity index (χ2n) is 3.59. The number of rotatable bonds is 0. The summed E-state index contributed by atoms with van der Waals surface area (Å²) in [4.78, 5) is 0. The van der Waals surface area contributed by atoms with Crippen LogP contribution in [0.3, 0.4) is 0 Å². The largest absolute Gasteiger partial charge is 0.508 e. The molecule has 11 heavy (non-hydrogen) atoms. The van der Waals surface area contributed by atoms with Crippen LogP contribution in [0.1, 0.15) is 27.2 Å². The molecule has 0 fully saturated rings. The molecule has 0 saturated carbocycles. The molecule has 0 heterocycles. The van der Waals surface area contributed by atoms with Crippen LogP contribution in [0.2, 0.25) is 0 Å². The van der Waals surface area contributed by atoms with Crippen LogP contribution in [0.25, 0.3) is 0 Å². The van der Waals surface area contributed by atoms with Crippen molar-refractivity contribution in [3.05, 3.63) is 23.5 Å². The normalized spacial score (nSPS) is 32.3. The zero-order valence-electron chi connectivity index (χ0n) is 7.46. The summed E-state index contributed by atoms with van der Waals surface area (Å²) >= 11 is 0. The molecule has 1 nitrogen and oxygen atoms in total. The van der Waals surface area contributed by atoms with Crippen molar-refractivity contribution in [2.24, 2.45) is 11.8 Å². The topological polar surface area (TPSA) is 20.2 Å². The fourth-order valence-corrected chi connectivity index (χ4v) is 1.64. The van der Waals surface area contributed by atoms with Gasteiger partial charge in [0.25, 0.3) is 0 Å². The fourth-order valence-electron chi connectivity index (χ4n) is 1.64. The minimum absolute atomic E-state index is 0.460. The zero-order valence-corrected chi connectivity index (χ0v) is 7.46. The van der Waals surface area contributed by atoms with E-state index in [9.17, 15) is 5.11 Å². The molecule has 1 aliphatic rings. The summed E-state index contributed by atoms with van der Waals surface area (Å²) in [6.07, 6.45) is 5.21. The van der Waals surface area contributed by atoms with Crippen LogP contribution < -0.4 is 0 Å². The highest BCUT2D eigenvalue weighted by Gasteiger charge is 2.11. The molecule has 2 atom stereocenters. The van der Waals surface area contributed by atoms with Crippen molar-refractivity contribution in [3.63, 3.8) is 0 Å². The van der Waals surface area contributed by atoms with Crippen molar-refractivity contribution >= 4 is 0 Å². The van der Waals surface area contributed by atoms with Gasteiger partial charge < -0.3 is 5.11 Å². The highest BCUT2D eigenvalue weighted by Crippen LogP contribution is 2.23. The molecule has 0 aromatic heterocycles. The lowest BCUT2D eigenvalue weighted by Gasteiger charge is -2.06. The van der Waals surface area contributed by atoms with Gasteiger partial charge >= 0.3 is 0 Å². The minimum atomic E-state index is 0.460. The molecule has 1 rings (SSSR count). The minimum Gasteiger partial charge on any atom is -0.508 e. The first-order valence-corrected chi connectivity index (χ1v) is 4.19. The van der Waals surface area contributed by atoms with E-state index in [1.807, 2.05) is 13.0 Å². The summed E-state index contributed by atoms with van der Waals surface area (Å²) in [5.41, 5.74) is 1.02. The SMILES string of the molecule is CC1=CC(C)CC(C)C=C1O. The average molecular weight is 152 g/mol. The van der Waals surface area contributed by atoms with Gasteiger partial charge in [0.1, 0.15) is 5.76 Å². The Hall–Kier alpha value is -0.720. The molecule has 0 bridgehead atoms. The molecule has 0 aromatic rings. The van der Waals surface area contributed by atoms with Crippen LogP contribution in [0.4, 0.5) is 0 Å². The van der Waals surface area contributed by atoms with Crippen LogP contribution in [0, 0.1) is 11.8 Å². The molecule has 1 N–H and O–H groups in total. The Kier molecular flexibility index (Phi) is 2.38. The van der Waals surface area contributed by atoms with Crippen molar-refractivity contribution in [2.75, 3.05) is 0 Å². The van der Waals surface area contributed by atoms with Gasteiger partial charge in [-0.05, 0) is 36.8 Å². The summed E-state index contributed by atoms with van der Waals surface area (Å²) in [6.45, 7) is 6.28. The first-order chi connectivity index (χ1) is 5.09. The van der Waals surface area contributed by atoms with Crippen LogP contribution >= 0.6 is 0 Å². The van der Waals surface area contributed by atoms with Crippen LogP contribution in [0.15, 0.2) is 23.5 Å². The zero-order chi connectivity index (χ0) is 8.43. The third kappa shape index (κ3) is 2.11. The third-order valence-corrected chi connectivity index (χ3v) is 2.12. The van der Waals surface area contributed by atoms with Crippen LogP contribution in [-0.2, 0) is 0 Å². The van der Waals surface area contributed by atoms with Gasteiger partial charge in [-0.15, -0.1) is 0 Å². The lowest BCUT2D eigenvalue weighted by molar-refractivity contribution is 0.416. The third-order valence-electron chi connectivity index (χ3n) is 2.12. The van der Waals surface area contributed by atoms with E-state index >= 15 is 0 Å². The summed E-state index contributed by atoms with van der Waals surface area (Å²) < 4.78 is 0. The summed E-state index contributed by atoms with van der Waals surface area (Å²) in [7, 11) is 0. The van der Waals surface area contributed by atoms with Gasteiger partial charge in [0.05, 0.1) is 0 Å². The molecular formula is C10H16O. The van der Waals surface area contributed by atoms with Gasteiger partial charge in [-0.2, -0.15) is 0 Å². The first-order valence-electron chi connectivity index (χ1n) is 4.19. The number of aliphatic hydroxyl groups is 1. The Morgan fingerprint density at radius 2 is 1.82 bits per heavy atom. The van der Waals surface area contributed by atoms with Crippen molar-refractivity contribution in [2.45, 2.75) is 27.2 Å². The van der Waals surface area contributed by atoms with E-state index in [0.29, 0.717) is 17.6 Å². The van der Waals surface area contributed by atoms with Gasteiger partial charge in [0, 0.05) is 0 Å². The predicted octanol–water partition coefficient (Wildman–Crippen LogP) is 3.05. The smallest absolute Gasteiger partial charge is 0.114 e. The van der Waals surface area contributed by atoms with Crippen molar-refractivity contribution in [1.82, 2.24) is 0 Å². The number of allylic oxidation sites excluding steroid dienone is 3. The Labute approximate surface area is 68.4 Å². The van der Waals surface area contributed by atoms with E-state index in [-0.39, 0.29) is 0 Å². The maximum Gasteiger partial charge on any atom is 0.114 e. The lowest BCUT2D eigenvalue weighted by atomic mass is 9.99. The Morgan fingerprint density at radius 3 is 2.45 bits per heavy atom. The number of aliphatic hydroxyl groups excluding tert-OH is 1. The number of hydrogen-bond donors (Lipinski definition) is 1. The number of hydrogen-bond acceptors (Lipinski definition) is 1. The maximum absolute atomic E-state index is 9.44. The summed E-state index contributed by atoms with van der Waals surface area (Å²) in [6, 6.07) is 0. The van der Waals surface area contributed by atoms with E-state index in [2.05, 4.69) is 19.9 Å².